The molecule has 2 rings (SSSR count). The van der Waals surface area contributed by atoms with Crippen LogP contribution in [0.1, 0.15) is 42.6 Å². The number of carbonyl (C=O) groups is 2. The van der Waals surface area contributed by atoms with E-state index in [2.05, 4.69) is 24.1 Å². The second-order valence-electron chi connectivity index (χ2n) is 5.90. The molecular formula is C18H27N3O2. The molecule has 1 fully saturated rings. The summed E-state index contributed by atoms with van der Waals surface area (Å²) >= 11 is 0. The molecule has 1 saturated heterocycles. The standard InChI is InChI=1S/C18H27N3O2/c1-3-20(4-2)12-10-19-18(23)16-8-5-7-15(13-16)14-21-11-6-9-17(21)22/h5,7-8,13H,3-4,6,9-12,14H2,1-2H3,(H,19,23). The molecule has 1 aliphatic rings. The van der Waals surface area contributed by atoms with Crippen molar-refractivity contribution in [2.24, 2.45) is 0 Å². The quantitative estimate of drug-likeness (QED) is 0.796. The van der Waals surface area contributed by atoms with Gasteiger partial charge in [0.2, 0.25) is 5.91 Å². The lowest BCUT2D eigenvalue weighted by molar-refractivity contribution is -0.128. The lowest BCUT2D eigenvalue weighted by Gasteiger charge is -2.18. The van der Waals surface area contributed by atoms with Gasteiger partial charge in [0.05, 0.1) is 0 Å². The number of nitrogens with zero attached hydrogens (tertiary/aromatic N) is 2. The van der Waals surface area contributed by atoms with Gasteiger partial charge in [-0.3, -0.25) is 9.59 Å². The molecule has 1 aliphatic heterocycles. The lowest BCUT2D eigenvalue weighted by atomic mass is 10.1. The van der Waals surface area contributed by atoms with E-state index in [0.29, 0.717) is 25.1 Å². The Morgan fingerprint density at radius 2 is 2.09 bits per heavy atom. The van der Waals surface area contributed by atoms with E-state index in [1.54, 1.807) is 0 Å². The van der Waals surface area contributed by atoms with Crippen molar-refractivity contribution in [3.05, 3.63) is 35.4 Å². The van der Waals surface area contributed by atoms with Crippen LogP contribution in [0.3, 0.4) is 0 Å². The first-order valence-electron chi connectivity index (χ1n) is 8.51. The SMILES string of the molecule is CCN(CC)CCNC(=O)c1cccc(CN2CCCC2=O)c1. The molecule has 0 spiro atoms. The van der Waals surface area contributed by atoms with E-state index in [-0.39, 0.29) is 11.8 Å². The van der Waals surface area contributed by atoms with E-state index in [9.17, 15) is 9.59 Å². The molecule has 1 N–H and O–H groups in total. The molecule has 1 heterocycles. The van der Waals surface area contributed by atoms with Gasteiger partial charge in [-0.05, 0) is 37.2 Å². The molecule has 1 aromatic rings. The van der Waals surface area contributed by atoms with Crippen molar-refractivity contribution in [2.45, 2.75) is 33.2 Å². The minimum atomic E-state index is -0.0493. The summed E-state index contributed by atoms with van der Waals surface area (Å²) in [7, 11) is 0. The number of benzene rings is 1. The minimum absolute atomic E-state index is 0.0493. The van der Waals surface area contributed by atoms with Crippen molar-refractivity contribution >= 4 is 11.8 Å². The van der Waals surface area contributed by atoms with Crippen LogP contribution in [0.5, 0.6) is 0 Å². The molecule has 126 valence electrons. The largest absolute Gasteiger partial charge is 0.351 e. The lowest BCUT2D eigenvalue weighted by Crippen LogP contribution is -2.34. The van der Waals surface area contributed by atoms with Crippen molar-refractivity contribution in [1.29, 1.82) is 0 Å². The number of hydrogen-bond donors (Lipinski definition) is 1. The van der Waals surface area contributed by atoms with Crippen LogP contribution in [0, 0.1) is 0 Å². The molecule has 5 heteroatoms. The molecular weight excluding hydrogens is 290 g/mol. The van der Waals surface area contributed by atoms with Crippen molar-refractivity contribution in [3.8, 4) is 0 Å². The van der Waals surface area contributed by atoms with Gasteiger partial charge in [-0.2, -0.15) is 0 Å². The highest BCUT2D eigenvalue weighted by Gasteiger charge is 2.20. The topological polar surface area (TPSA) is 52.7 Å². The van der Waals surface area contributed by atoms with Crippen LogP contribution in [-0.4, -0.2) is 54.3 Å². The third-order valence-electron chi connectivity index (χ3n) is 4.34. The Kier molecular flexibility index (Phi) is 6.59. The second kappa shape index (κ2) is 8.67. The Bertz CT molecular complexity index is 541. The number of rotatable bonds is 8. The summed E-state index contributed by atoms with van der Waals surface area (Å²) in [6, 6.07) is 7.56. The highest BCUT2D eigenvalue weighted by Crippen LogP contribution is 2.15. The van der Waals surface area contributed by atoms with Crippen molar-refractivity contribution in [2.75, 3.05) is 32.7 Å². The first kappa shape index (κ1) is 17.5. The first-order chi connectivity index (χ1) is 11.1. The summed E-state index contributed by atoms with van der Waals surface area (Å²) in [6.07, 6.45) is 1.58. The second-order valence-corrected chi connectivity index (χ2v) is 5.90. The van der Waals surface area contributed by atoms with Gasteiger partial charge in [-0.25, -0.2) is 0 Å². The summed E-state index contributed by atoms with van der Waals surface area (Å²) in [6.45, 7) is 9.15. The summed E-state index contributed by atoms with van der Waals surface area (Å²) in [5.41, 5.74) is 1.67. The molecule has 5 nitrogen and oxygen atoms in total. The number of nitrogens with one attached hydrogen (secondary N) is 1. The third-order valence-corrected chi connectivity index (χ3v) is 4.34. The zero-order chi connectivity index (χ0) is 16.7. The Hall–Kier alpha value is -1.88. The number of likely N-dealkylation sites (tertiary alicyclic amines) is 1. The maximum atomic E-state index is 12.2. The molecule has 0 bridgehead atoms. The summed E-state index contributed by atoms with van der Waals surface area (Å²) in [5.74, 6) is 0.158. The van der Waals surface area contributed by atoms with Crippen molar-refractivity contribution in [1.82, 2.24) is 15.1 Å². The van der Waals surface area contributed by atoms with Crippen LogP contribution < -0.4 is 5.32 Å². The van der Waals surface area contributed by atoms with Gasteiger partial charge < -0.3 is 15.1 Å². The van der Waals surface area contributed by atoms with Gasteiger partial charge in [0.15, 0.2) is 0 Å². The van der Waals surface area contributed by atoms with Crippen LogP contribution in [0.4, 0.5) is 0 Å². The van der Waals surface area contributed by atoms with E-state index in [1.807, 2.05) is 29.2 Å². The zero-order valence-corrected chi connectivity index (χ0v) is 14.2. The van der Waals surface area contributed by atoms with Gasteiger partial charge >= 0.3 is 0 Å². The number of likely N-dealkylation sites (N-methyl/N-ethyl adjacent to an activating group) is 1. The molecule has 0 aromatic heterocycles. The van der Waals surface area contributed by atoms with E-state index in [1.165, 1.54) is 0 Å². The fourth-order valence-corrected chi connectivity index (χ4v) is 2.87. The maximum absolute atomic E-state index is 12.2. The predicted molar refractivity (Wildman–Crippen MR) is 91.2 cm³/mol. The van der Waals surface area contributed by atoms with Crippen LogP contribution in [0.15, 0.2) is 24.3 Å². The van der Waals surface area contributed by atoms with Gasteiger partial charge in [-0.1, -0.05) is 26.0 Å². The molecule has 1 aromatic carbocycles. The minimum Gasteiger partial charge on any atom is -0.351 e. The van der Waals surface area contributed by atoms with E-state index in [4.69, 9.17) is 0 Å². The molecule has 0 unspecified atom stereocenters. The fourth-order valence-electron chi connectivity index (χ4n) is 2.87. The maximum Gasteiger partial charge on any atom is 0.251 e. The average molecular weight is 317 g/mol. The summed E-state index contributed by atoms with van der Waals surface area (Å²) in [4.78, 5) is 28.1. The molecule has 0 aliphatic carbocycles. The van der Waals surface area contributed by atoms with Gasteiger partial charge in [0, 0.05) is 38.2 Å². The number of amides is 2. The fraction of sp³-hybridized carbons (Fsp3) is 0.556. The monoisotopic (exact) mass is 317 g/mol. The number of carbonyl (C=O) groups excluding carboxylic acids is 2. The first-order valence-corrected chi connectivity index (χ1v) is 8.51. The van der Waals surface area contributed by atoms with Crippen molar-refractivity contribution < 1.29 is 9.59 Å². The van der Waals surface area contributed by atoms with E-state index < -0.39 is 0 Å². The molecule has 0 atom stereocenters. The Morgan fingerprint density at radius 1 is 1.30 bits per heavy atom. The van der Waals surface area contributed by atoms with Gasteiger partial charge in [-0.15, -0.1) is 0 Å². The molecule has 0 saturated carbocycles. The van der Waals surface area contributed by atoms with E-state index in [0.717, 1.165) is 38.2 Å². The molecule has 0 radical (unpaired) electrons. The van der Waals surface area contributed by atoms with Crippen LogP contribution in [-0.2, 0) is 11.3 Å². The van der Waals surface area contributed by atoms with Crippen LogP contribution in [0.2, 0.25) is 0 Å². The smallest absolute Gasteiger partial charge is 0.251 e. The van der Waals surface area contributed by atoms with Gasteiger partial charge in [0.1, 0.15) is 0 Å². The summed E-state index contributed by atoms with van der Waals surface area (Å²) in [5, 5.41) is 2.97. The highest BCUT2D eigenvalue weighted by atomic mass is 16.2. The van der Waals surface area contributed by atoms with Gasteiger partial charge in [0.25, 0.3) is 5.91 Å². The Morgan fingerprint density at radius 3 is 2.74 bits per heavy atom. The normalized spacial score (nSPS) is 14.6. The zero-order valence-electron chi connectivity index (χ0n) is 14.2. The Balaban J connectivity index is 1.88. The third kappa shape index (κ3) is 5.06. The highest BCUT2D eigenvalue weighted by molar-refractivity contribution is 5.94. The van der Waals surface area contributed by atoms with Crippen LogP contribution >= 0.6 is 0 Å². The molecule has 2 amide bonds. The van der Waals surface area contributed by atoms with E-state index >= 15 is 0 Å². The van der Waals surface area contributed by atoms with Crippen molar-refractivity contribution in [3.63, 3.8) is 0 Å². The molecule has 23 heavy (non-hydrogen) atoms. The summed E-state index contributed by atoms with van der Waals surface area (Å²) < 4.78 is 0. The predicted octanol–water partition coefficient (Wildman–Crippen LogP) is 1.88. The number of hydrogen-bond acceptors (Lipinski definition) is 3. The van der Waals surface area contributed by atoms with Crippen LogP contribution in [0.25, 0.3) is 0 Å². The average Bonchev–Trinajstić information content (AvgIpc) is 2.96. The Labute approximate surface area is 138 Å².